The predicted molar refractivity (Wildman–Crippen MR) is 130 cm³/mol. The molecule has 0 atom stereocenters. The van der Waals surface area contributed by atoms with E-state index >= 15 is 0 Å². The fourth-order valence-electron chi connectivity index (χ4n) is 3.63. The van der Waals surface area contributed by atoms with E-state index in [0.717, 1.165) is 37.4 Å². The number of anilines is 4. The Morgan fingerprint density at radius 3 is 2.76 bits per heavy atom. The van der Waals surface area contributed by atoms with Crippen LogP contribution in [0, 0.1) is 11.3 Å². The first-order valence-electron chi connectivity index (χ1n) is 10.8. The van der Waals surface area contributed by atoms with Crippen LogP contribution in [0.15, 0.2) is 30.5 Å². The first-order chi connectivity index (χ1) is 15.8. The Bertz CT molecular complexity index is 1310. The molecule has 0 spiro atoms. The average molecular weight is 469 g/mol. The Morgan fingerprint density at radius 1 is 1.30 bits per heavy atom. The van der Waals surface area contributed by atoms with Gasteiger partial charge in [-0.3, -0.25) is 0 Å². The normalized spacial score (nSPS) is 13.6. The second-order valence-electron chi connectivity index (χ2n) is 8.41. The van der Waals surface area contributed by atoms with E-state index in [2.05, 4.69) is 32.1 Å². The molecule has 1 fully saturated rings. The number of nitrogens with zero attached hydrogens (tertiary/aromatic N) is 5. The number of likely N-dealkylation sites (N-methyl/N-ethyl adjacent to an activating group) is 2. The molecule has 0 bridgehead atoms. The Kier molecular flexibility index (Phi) is 6.40. The zero-order valence-electron chi connectivity index (χ0n) is 19.0. The van der Waals surface area contributed by atoms with Crippen LogP contribution in [0.3, 0.4) is 0 Å². The molecule has 0 amide bonds. The van der Waals surface area contributed by atoms with Crippen molar-refractivity contribution in [2.24, 2.45) is 0 Å². The Balaban J connectivity index is 1.69. The zero-order chi connectivity index (χ0) is 23.6. The first kappa shape index (κ1) is 22.8. The van der Waals surface area contributed by atoms with Gasteiger partial charge in [-0.05, 0) is 43.7 Å². The standard InChI is InChI=1S/C22H28N8O2S/c1-24-8-9-29(2)19-7-6-18(10-15(19)14-33(3,31)32)26-20-11-21(27-17-4-5-17)30-22(28-20)16(12-23)13-25-30/h6-7,10-11,13,17,24,27H,4-5,8-9,14H2,1-3H3,(H,26,28). The van der Waals surface area contributed by atoms with Gasteiger partial charge in [0.2, 0.25) is 0 Å². The number of hydrogen-bond acceptors (Lipinski definition) is 9. The van der Waals surface area contributed by atoms with E-state index in [4.69, 9.17) is 0 Å². The summed E-state index contributed by atoms with van der Waals surface area (Å²) in [5.41, 5.74) is 3.14. The van der Waals surface area contributed by atoms with E-state index in [1.54, 1.807) is 4.52 Å². The molecule has 0 unspecified atom stereocenters. The third-order valence-electron chi connectivity index (χ3n) is 5.40. The Morgan fingerprint density at radius 2 is 2.09 bits per heavy atom. The maximum atomic E-state index is 12.1. The molecule has 2 aromatic heterocycles. The number of rotatable bonds is 10. The van der Waals surface area contributed by atoms with Gasteiger partial charge in [0.05, 0.1) is 11.9 Å². The summed E-state index contributed by atoms with van der Waals surface area (Å²) in [6.45, 7) is 1.52. The van der Waals surface area contributed by atoms with Crippen LogP contribution >= 0.6 is 0 Å². The molecule has 3 aromatic rings. The zero-order valence-corrected chi connectivity index (χ0v) is 19.8. The van der Waals surface area contributed by atoms with E-state index in [1.165, 1.54) is 12.5 Å². The molecule has 1 aromatic carbocycles. The maximum absolute atomic E-state index is 12.1. The molecule has 0 radical (unpaired) electrons. The van der Waals surface area contributed by atoms with Crippen molar-refractivity contribution in [3.63, 3.8) is 0 Å². The molecule has 11 heteroatoms. The van der Waals surface area contributed by atoms with Crippen molar-refractivity contribution in [3.8, 4) is 6.07 Å². The third-order valence-corrected chi connectivity index (χ3v) is 6.24. The highest BCUT2D eigenvalue weighted by Crippen LogP contribution is 2.30. The van der Waals surface area contributed by atoms with Gasteiger partial charge < -0.3 is 20.9 Å². The molecule has 33 heavy (non-hydrogen) atoms. The van der Waals surface area contributed by atoms with Crippen molar-refractivity contribution in [2.45, 2.75) is 24.6 Å². The summed E-state index contributed by atoms with van der Waals surface area (Å²) < 4.78 is 25.8. The molecule has 174 valence electrons. The third kappa shape index (κ3) is 5.53. The summed E-state index contributed by atoms with van der Waals surface area (Å²) in [7, 11) is 0.596. The van der Waals surface area contributed by atoms with Crippen LogP contribution in [0.25, 0.3) is 5.65 Å². The molecule has 0 saturated heterocycles. The fraction of sp³-hybridized carbons (Fsp3) is 0.409. The van der Waals surface area contributed by atoms with Gasteiger partial charge in [0.1, 0.15) is 23.3 Å². The van der Waals surface area contributed by atoms with Crippen LogP contribution in [-0.2, 0) is 15.6 Å². The van der Waals surface area contributed by atoms with E-state index in [9.17, 15) is 13.7 Å². The number of hydrogen-bond donors (Lipinski definition) is 3. The lowest BCUT2D eigenvalue weighted by Crippen LogP contribution is -2.28. The molecule has 10 nitrogen and oxygen atoms in total. The lowest BCUT2D eigenvalue weighted by atomic mass is 10.1. The van der Waals surface area contributed by atoms with Crippen molar-refractivity contribution >= 4 is 38.5 Å². The number of sulfone groups is 1. The summed E-state index contributed by atoms with van der Waals surface area (Å²) in [5, 5.41) is 23.5. The van der Waals surface area contributed by atoms with Crippen LogP contribution in [0.2, 0.25) is 0 Å². The number of aromatic nitrogens is 3. The van der Waals surface area contributed by atoms with Crippen LogP contribution in [-0.4, -0.2) is 62.5 Å². The average Bonchev–Trinajstić information content (AvgIpc) is 3.47. The highest BCUT2D eigenvalue weighted by molar-refractivity contribution is 7.89. The van der Waals surface area contributed by atoms with Crippen molar-refractivity contribution in [2.75, 3.05) is 49.0 Å². The van der Waals surface area contributed by atoms with E-state index in [0.29, 0.717) is 34.3 Å². The Hall–Kier alpha value is -3.36. The molecule has 3 N–H and O–H groups in total. The minimum Gasteiger partial charge on any atom is -0.373 e. The summed E-state index contributed by atoms with van der Waals surface area (Å²) >= 11 is 0. The molecule has 4 rings (SSSR count). The summed E-state index contributed by atoms with van der Waals surface area (Å²) in [5.74, 6) is 1.24. The molecular formula is C22H28N8O2S. The van der Waals surface area contributed by atoms with E-state index in [1.807, 2.05) is 43.3 Å². The Labute approximate surface area is 193 Å². The molecule has 1 aliphatic carbocycles. The van der Waals surface area contributed by atoms with Crippen molar-refractivity contribution < 1.29 is 8.42 Å². The maximum Gasteiger partial charge on any atom is 0.177 e. The lowest BCUT2D eigenvalue weighted by Gasteiger charge is -2.23. The van der Waals surface area contributed by atoms with Gasteiger partial charge in [-0.1, -0.05) is 0 Å². The number of nitriles is 1. The van der Waals surface area contributed by atoms with Gasteiger partial charge >= 0.3 is 0 Å². The quantitative estimate of drug-likeness (QED) is 0.410. The molecule has 1 aliphatic rings. The van der Waals surface area contributed by atoms with Crippen molar-refractivity contribution in [1.82, 2.24) is 19.9 Å². The number of benzene rings is 1. The molecular weight excluding hydrogens is 440 g/mol. The van der Waals surface area contributed by atoms with E-state index < -0.39 is 9.84 Å². The largest absolute Gasteiger partial charge is 0.373 e. The van der Waals surface area contributed by atoms with Gasteiger partial charge in [-0.15, -0.1) is 0 Å². The van der Waals surface area contributed by atoms with Crippen molar-refractivity contribution in [1.29, 1.82) is 5.26 Å². The number of fused-ring (bicyclic) bond motifs is 1. The second-order valence-corrected chi connectivity index (χ2v) is 10.6. The smallest absolute Gasteiger partial charge is 0.177 e. The van der Waals surface area contributed by atoms with Gasteiger partial charge in [-0.25, -0.2) is 13.4 Å². The fourth-order valence-corrected chi connectivity index (χ4v) is 4.42. The van der Waals surface area contributed by atoms with Gasteiger partial charge in [0, 0.05) is 49.9 Å². The minimum absolute atomic E-state index is 0.0656. The van der Waals surface area contributed by atoms with Crippen LogP contribution in [0.5, 0.6) is 0 Å². The summed E-state index contributed by atoms with van der Waals surface area (Å²) in [4.78, 5) is 6.62. The van der Waals surface area contributed by atoms with Gasteiger partial charge in [-0.2, -0.15) is 14.9 Å². The van der Waals surface area contributed by atoms with Crippen LogP contribution < -0.4 is 20.9 Å². The van der Waals surface area contributed by atoms with Gasteiger partial charge in [0.15, 0.2) is 15.5 Å². The monoisotopic (exact) mass is 468 g/mol. The highest BCUT2D eigenvalue weighted by Gasteiger charge is 2.23. The minimum atomic E-state index is -3.23. The molecule has 0 aliphatic heterocycles. The van der Waals surface area contributed by atoms with Crippen molar-refractivity contribution in [3.05, 3.63) is 41.6 Å². The second kappa shape index (κ2) is 9.25. The molecule has 1 saturated carbocycles. The lowest BCUT2D eigenvalue weighted by molar-refractivity contribution is 0.601. The summed E-state index contributed by atoms with van der Waals surface area (Å²) in [6.07, 6.45) is 4.93. The predicted octanol–water partition coefficient (Wildman–Crippen LogP) is 2.12. The van der Waals surface area contributed by atoms with E-state index in [-0.39, 0.29) is 5.75 Å². The van der Waals surface area contributed by atoms with Gasteiger partial charge in [0.25, 0.3) is 0 Å². The summed E-state index contributed by atoms with van der Waals surface area (Å²) in [6, 6.07) is 10.0. The van der Waals surface area contributed by atoms with Crippen LogP contribution in [0.4, 0.5) is 23.0 Å². The number of nitrogens with one attached hydrogen (secondary N) is 3. The topological polar surface area (TPSA) is 127 Å². The first-order valence-corrected chi connectivity index (χ1v) is 12.8. The molecule has 2 heterocycles. The van der Waals surface area contributed by atoms with Crippen LogP contribution in [0.1, 0.15) is 24.0 Å². The SMILES string of the molecule is CNCCN(C)c1ccc(Nc2cc(NC3CC3)n3ncc(C#N)c3n2)cc1CS(C)(=O)=O. The highest BCUT2D eigenvalue weighted by atomic mass is 32.2.